The van der Waals surface area contributed by atoms with Gasteiger partial charge in [-0.1, -0.05) is 49.4 Å². The van der Waals surface area contributed by atoms with Crippen LogP contribution < -0.4 is 15.4 Å². The van der Waals surface area contributed by atoms with Gasteiger partial charge in [-0.3, -0.25) is 14.5 Å². The molecule has 2 amide bonds. The summed E-state index contributed by atoms with van der Waals surface area (Å²) in [5.41, 5.74) is 1.81. The predicted molar refractivity (Wildman–Crippen MR) is 131 cm³/mol. The number of allylic oxidation sites excluding steroid dienone is 1. The Labute approximate surface area is 201 Å². The molecule has 0 aliphatic carbocycles. The maximum absolute atomic E-state index is 13.4. The number of hydrogen-bond donors (Lipinski definition) is 2. The molecule has 8 heteroatoms. The zero-order chi connectivity index (χ0) is 23.8. The van der Waals surface area contributed by atoms with Gasteiger partial charge in [-0.15, -0.1) is 0 Å². The Balaban J connectivity index is 1.50. The Morgan fingerprint density at radius 2 is 1.62 bits per heavy atom. The molecule has 7 nitrogen and oxygen atoms in total. The maximum atomic E-state index is 13.4. The van der Waals surface area contributed by atoms with Crippen molar-refractivity contribution >= 4 is 45.9 Å². The van der Waals surface area contributed by atoms with E-state index in [4.69, 9.17) is 17.0 Å². The Morgan fingerprint density at radius 1 is 0.971 bits per heavy atom. The van der Waals surface area contributed by atoms with E-state index in [1.165, 1.54) is 4.90 Å². The van der Waals surface area contributed by atoms with Crippen molar-refractivity contribution in [3.63, 3.8) is 0 Å². The molecule has 1 atom stereocenters. The van der Waals surface area contributed by atoms with E-state index < -0.39 is 23.8 Å². The highest BCUT2D eigenvalue weighted by molar-refractivity contribution is 7.80. The second-order valence-corrected chi connectivity index (χ2v) is 8.44. The van der Waals surface area contributed by atoms with E-state index in [9.17, 15) is 14.4 Å². The van der Waals surface area contributed by atoms with E-state index in [0.29, 0.717) is 45.1 Å². The number of ether oxygens (including phenoxy) is 1. The Morgan fingerprint density at radius 3 is 2.24 bits per heavy atom. The van der Waals surface area contributed by atoms with Crippen LogP contribution in [0.15, 0.2) is 78.0 Å². The molecule has 0 bridgehead atoms. The molecule has 2 N–H and O–H groups in total. The number of nitrogens with one attached hydrogen (secondary N) is 2. The van der Waals surface area contributed by atoms with E-state index in [2.05, 4.69) is 10.6 Å². The van der Waals surface area contributed by atoms with E-state index in [1.807, 2.05) is 25.1 Å². The number of nitrogens with zero attached hydrogens (tertiary/aromatic N) is 1. The van der Waals surface area contributed by atoms with Gasteiger partial charge in [0.15, 0.2) is 5.11 Å². The van der Waals surface area contributed by atoms with Crippen molar-refractivity contribution in [1.29, 1.82) is 0 Å². The molecule has 1 unspecified atom stereocenters. The lowest BCUT2D eigenvalue weighted by Crippen LogP contribution is -2.56. The van der Waals surface area contributed by atoms with Gasteiger partial charge in [0.05, 0.1) is 18.2 Å². The number of thiocarbonyl (C=S) groups is 1. The van der Waals surface area contributed by atoms with Crippen LogP contribution in [-0.4, -0.2) is 40.4 Å². The Bertz CT molecular complexity index is 1330. The summed E-state index contributed by atoms with van der Waals surface area (Å²) in [7, 11) is 0. The average molecular weight is 472 g/mol. The quantitative estimate of drug-likeness (QED) is 0.255. The third-order valence-corrected chi connectivity index (χ3v) is 6.21. The number of benzene rings is 3. The lowest BCUT2D eigenvalue weighted by Gasteiger charge is -2.35. The van der Waals surface area contributed by atoms with Crippen molar-refractivity contribution in [3.8, 4) is 5.75 Å². The molecular weight excluding hydrogens is 450 g/mol. The smallest absolute Gasteiger partial charge is 0.343 e. The maximum Gasteiger partial charge on any atom is 0.343 e. The molecule has 0 radical (unpaired) electrons. The number of amides is 2. The third-order valence-electron chi connectivity index (χ3n) is 5.99. The first-order chi connectivity index (χ1) is 16.5. The van der Waals surface area contributed by atoms with Crippen LogP contribution in [0.2, 0.25) is 0 Å². The summed E-state index contributed by atoms with van der Waals surface area (Å²) < 4.78 is 5.59. The van der Waals surface area contributed by atoms with Crippen LogP contribution in [0.25, 0.3) is 10.8 Å². The number of carbonyl (C=O) groups excluding carboxylic acids is 3. The lowest BCUT2D eigenvalue weighted by atomic mass is 9.93. The monoisotopic (exact) mass is 471 g/mol. The number of carbonyl (C=O) groups is 3. The van der Waals surface area contributed by atoms with Crippen molar-refractivity contribution < 1.29 is 19.1 Å². The van der Waals surface area contributed by atoms with Crippen molar-refractivity contribution in [2.24, 2.45) is 0 Å². The molecule has 0 spiro atoms. The first-order valence-electron chi connectivity index (χ1n) is 10.9. The molecule has 0 fully saturated rings. The number of hydrogen-bond acceptors (Lipinski definition) is 5. The number of rotatable bonds is 5. The molecular formula is C26H21N3O4S. The van der Waals surface area contributed by atoms with Crippen LogP contribution in [0, 0.1) is 0 Å². The van der Waals surface area contributed by atoms with E-state index >= 15 is 0 Å². The van der Waals surface area contributed by atoms with Crippen molar-refractivity contribution in [2.45, 2.75) is 19.4 Å². The SMILES string of the molecule is CCC1=C(C(=O)Oc2ccccc2)C(CN2C(=O)c3cccc4cccc(c34)C2=O)NC(=S)N1. The van der Waals surface area contributed by atoms with Gasteiger partial charge in [0.25, 0.3) is 11.8 Å². The van der Waals surface area contributed by atoms with Crippen molar-refractivity contribution in [2.75, 3.05) is 6.54 Å². The fraction of sp³-hybridized carbons (Fsp3) is 0.154. The topological polar surface area (TPSA) is 87.7 Å². The molecule has 2 aliphatic heterocycles. The van der Waals surface area contributed by atoms with Crippen LogP contribution in [0.4, 0.5) is 0 Å². The summed E-state index contributed by atoms with van der Waals surface area (Å²) >= 11 is 5.34. The fourth-order valence-electron chi connectivity index (χ4n) is 4.44. The number of para-hydroxylation sites is 1. The highest BCUT2D eigenvalue weighted by atomic mass is 32.1. The first kappa shape index (κ1) is 21.8. The van der Waals surface area contributed by atoms with Crippen LogP contribution in [0.1, 0.15) is 34.1 Å². The molecule has 0 aromatic heterocycles. The summed E-state index contributed by atoms with van der Waals surface area (Å²) in [6.07, 6.45) is 0.488. The Hall–Kier alpha value is -4.04. The van der Waals surface area contributed by atoms with Crippen LogP contribution >= 0.6 is 12.2 Å². The normalized spacial score (nSPS) is 17.5. The molecule has 0 saturated heterocycles. The molecule has 34 heavy (non-hydrogen) atoms. The van der Waals surface area contributed by atoms with Gasteiger partial charge >= 0.3 is 5.97 Å². The largest absolute Gasteiger partial charge is 0.423 e. The average Bonchev–Trinajstić information content (AvgIpc) is 2.85. The van der Waals surface area contributed by atoms with Crippen molar-refractivity contribution in [1.82, 2.24) is 15.5 Å². The number of esters is 1. The van der Waals surface area contributed by atoms with Crippen LogP contribution in [0.5, 0.6) is 5.75 Å². The molecule has 5 rings (SSSR count). The molecule has 2 aliphatic rings. The van der Waals surface area contributed by atoms with Crippen molar-refractivity contribution in [3.05, 3.63) is 89.1 Å². The molecule has 0 saturated carbocycles. The second kappa shape index (κ2) is 8.72. The first-order valence-corrected chi connectivity index (χ1v) is 11.3. The zero-order valence-corrected chi connectivity index (χ0v) is 19.1. The summed E-state index contributed by atoms with van der Waals surface area (Å²) in [5, 5.41) is 7.86. The van der Waals surface area contributed by atoms with Gasteiger partial charge in [0.2, 0.25) is 0 Å². The molecule has 170 valence electrons. The van der Waals surface area contributed by atoms with Gasteiger partial charge in [-0.05, 0) is 48.3 Å². The fourth-order valence-corrected chi connectivity index (χ4v) is 4.71. The predicted octanol–water partition coefficient (Wildman–Crippen LogP) is 3.55. The van der Waals surface area contributed by atoms with Gasteiger partial charge in [-0.25, -0.2) is 4.79 Å². The highest BCUT2D eigenvalue weighted by Crippen LogP contribution is 2.31. The molecule has 3 aromatic carbocycles. The minimum atomic E-state index is -0.725. The summed E-state index contributed by atoms with van der Waals surface area (Å²) in [6, 6.07) is 18.8. The minimum absolute atomic E-state index is 0.0765. The van der Waals surface area contributed by atoms with E-state index in [0.717, 1.165) is 5.39 Å². The number of imide groups is 1. The van der Waals surface area contributed by atoms with E-state index in [-0.39, 0.29) is 6.54 Å². The van der Waals surface area contributed by atoms with Crippen LogP contribution in [-0.2, 0) is 4.79 Å². The highest BCUT2D eigenvalue weighted by Gasteiger charge is 2.38. The Kier molecular flexibility index (Phi) is 5.59. The second-order valence-electron chi connectivity index (χ2n) is 8.03. The van der Waals surface area contributed by atoms with Gasteiger partial charge < -0.3 is 15.4 Å². The van der Waals surface area contributed by atoms with Gasteiger partial charge in [0.1, 0.15) is 5.75 Å². The molecule has 2 heterocycles. The van der Waals surface area contributed by atoms with Gasteiger partial charge in [0, 0.05) is 22.2 Å². The van der Waals surface area contributed by atoms with E-state index in [1.54, 1.807) is 48.5 Å². The minimum Gasteiger partial charge on any atom is -0.423 e. The summed E-state index contributed by atoms with van der Waals surface area (Å²) in [5.74, 6) is -0.994. The van der Waals surface area contributed by atoms with Crippen LogP contribution in [0.3, 0.4) is 0 Å². The third kappa shape index (κ3) is 3.72. The standard InChI is InChI=1S/C26H21N3O4S/c1-2-19-22(25(32)33-16-10-4-3-5-11-16)20(28-26(34)27-19)14-29-23(30)17-12-6-8-15-9-7-13-18(21(15)17)24(29)31/h3-13,20H,2,14H2,1H3,(H2,27,28,34). The lowest BCUT2D eigenvalue weighted by molar-refractivity contribution is -0.130. The zero-order valence-electron chi connectivity index (χ0n) is 18.3. The van der Waals surface area contributed by atoms with Gasteiger partial charge in [-0.2, -0.15) is 0 Å². The summed E-state index contributed by atoms with van der Waals surface area (Å²) in [4.78, 5) is 41.2. The molecule has 3 aromatic rings. The summed E-state index contributed by atoms with van der Waals surface area (Å²) in [6.45, 7) is 1.81.